The number of carboxylic acids is 1. The SMILES string of the molecule is CCC(O)CCNCc1ccc(CC(=O)O)s1. The van der Waals surface area contributed by atoms with Gasteiger partial charge in [-0.3, -0.25) is 4.79 Å². The minimum absolute atomic E-state index is 0.0964. The average Bonchev–Trinajstić information content (AvgIpc) is 2.70. The van der Waals surface area contributed by atoms with E-state index in [4.69, 9.17) is 5.11 Å². The number of aliphatic hydroxyl groups excluding tert-OH is 1. The smallest absolute Gasteiger partial charge is 0.308 e. The first-order valence-electron chi connectivity index (χ1n) is 5.80. The van der Waals surface area contributed by atoms with Gasteiger partial charge in [-0.15, -0.1) is 11.3 Å². The number of hydrogen-bond donors (Lipinski definition) is 3. The monoisotopic (exact) mass is 257 g/mol. The number of carboxylic acid groups (broad SMARTS) is 1. The molecular weight excluding hydrogens is 238 g/mol. The summed E-state index contributed by atoms with van der Waals surface area (Å²) in [7, 11) is 0. The standard InChI is InChI=1S/C12H19NO3S/c1-2-9(14)5-6-13-8-11-4-3-10(17-11)7-12(15)16/h3-4,9,13-14H,2,5-8H2,1H3,(H,15,16). The molecule has 17 heavy (non-hydrogen) atoms. The van der Waals surface area contributed by atoms with E-state index in [-0.39, 0.29) is 12.5 Å². The van der Waals surface area contributed by atoms with Gasteiger partial charge in [-0.2, -0.15) is 0 Å². The Morgan fingerprint density at radius 2 is 2.18 bits per heavy atom. The van der Waals surface area contributed by atoms with Crippen molar-refractivity contribution in [3.05, 3.63) is 21.9 Å². The van der Waals surface area contributed by atoms with Crippen molar-refractivity contribution in [3.63, 3.8) is 0 Å². The molecule has 0 aliphatic heterocycles. The lowest BCUT2D eigenvalue weighted by atomic mass is 10.2. The largest absolute Gasteiger partial charge is 0.481 e. The molecular formula is C12H19NO3S. The van der Waals surface area contributed by atoms with Crippen LogP contribution in [0.15, 0.2) is 12.1 Å². The maximum Gasteiger partial charge on any atom is 0.308 e. The van der Waals surface area contributed by atoms with E-state index < -0.39 is 5.97 Å². The molecule has 4 nitrogen and oxygen atoms in total. The van der Waals surface area contributed by atoms with E-state index in [1.54, 1.807) is 0 Å². The highest BCUT2D eigenvalue weighted by Gasteiger charge is 2.04. The van der Waals surface area contributed by atoms with Gasteiger partial charge in [0.25, 0.3) is 0 Å². The fraction of sp³-hybridized carbons (Fsp3) is 0.583. The van der Waals surface area contributed by atoms with Gasteiger partial charge in [0.15, 0.2) is 0 Å². The van der Waals surface area contributed by atoms with Crippen molar-refractivity contribution >= 4 is 17.3 Å². The highest BCUT2D eigenvalue weighted by molar-refractivity contribution is 7.12. The van der Waals surface area contributed by atoms with Gasteiger partial charge in [0, 0.05) is 16.3 Å². The highest BCUT2D eigenvalue weighted by atomic mass is 32.1. The number of carbonyl (C=O) groups is 1. The van der Waals surface area contributed by atoms with Crippen LogP contribution < -0.4 is 5.32 Å². The Morgan fingerprint density at radius 3 is 2.82 bits per heavy atom. The van der Waals surface area contributed by atoms with Crippen LogP contribution in [0.4, 0.5) is 0 Å². The van der Waals surface area contributed by atoms with E-state index >= 15 is 0 Å². The summed E-state index contributed by atoms with van der Waals surface area (Å²) in [5, 5.41) is 21.2. The lowest BCUT2D eigenvalue weighted by Crippen LogP contribution is -2.19. The highest BCUT2D eigenvalue weighted by Crippen LogP contribution is 2.16. The van der Waals surface area contributed by atoms with Crippen LogP contribution in [0.5, 0.6) is 0 Å². The van der Waals surface area contributed by atoms with Crippen LogP contribution >= 0.6 is 11.3 Å². The maximum atomic E-state index is 10.5. The Hall–Kier alpha value is -0.910. The second-order valence-electron chi connectivity index (χ2n) is 3.97. The zero-order chi connectivity index (χ0) is 12.7. The number of aliphatic hydroxyl groups is 1. The van der Waals surface area contributed by atoms with Gasteiger partial charge in [0.05, 0.1) is 12.5 Å². The number of rotatable bonds is 8. The molecule has 0 bridgehead atoms. The van der Waals surface area contributed by atoms with Crippen molar-refractivity contribution in [3.8, 4) is 0 Å². The van der Waals surface area contributed by atoms with Crippen LogP contribution in [0.25, 0.3) is 0 Å². The molecule has 96 valence electrons. The first-order valence-corrected chi connectivity index (χ1v) is 6.61. The summed E-state index contributed by atoms with van der Waals surface area (Å²) in [6.07, 6.45) is 1.40. The van der Waals surface area contributed by atoms with Gasteiger partial charge in [-0.25, -0.2) is 0 Å². The fourth-order valence-electron chi connectivity index (χ4n) is 1.45. The predicted octanol–water partition coefficient (Wildman–Crippen LogP) is 1.63. The molecule has 0 radical (unpaired) electrons. The Kier molecular flexibility index (Phi) is 6.18. The van der Waals surface area contributed by atoms with Crippen molar-refractivity contribution in [1.82, 2.24) is 5.32 Å². The van der Waals surface area contributed by atoms with E-state index in [1.165, 1.54) is 11.3 Å². The third-order valence-corrected chi connectivity index (χ3v) is 3.55. The Bertz CT molecular complexity index is 351. The molecule has 0 amide bonds. The second-order valence-corrected chi connectivity index (χ2v) is 5.22. The molecule has 0 aliphatic rings. The van der Waals surface area contributed by atoms with E-state index in [9.17, 15) is 9.90 Å². The zero-order valence-corrected chi connectivity index (χ0v) is 10.8. The average molecular weight is 257 g/mol. The van der Waals surface area contributed by atoms with Crippen molar-refractivity contribution < 1.29 is 15.0 Å². The Morgan fingerprint density at radius 1 is 1.47 bits per heavy atom. The summed E-state index contributed by atoms with van der Waals surface area (Å²) in [4.78, 5) is 12.5. The fourth-order valence-corrected chi connectivity index (χ4v) is 2.42. The van der Waals surface area contributed by atoms with Crippen molar-refractivity contribution in [2.24, 2.45) is 0 Å². The minimum Gasteiger partial charge on any atom is -0.481 e. The van der Waals surface area contributed by atoms with Crippen molar-refractivity contribution in [2.45, 2.75) is 38.8 Å². The topological polar surface area (TPSA) is 69.6 Å². The lowest BCUT2D eigenvalue weighted by molar-refractivity contribution is -0.136. The Labute approximate surface area is 105 Å². The minimum atomic E-state index is -0.794. The number of thiophene rings is 1. The summed E-state index contributed by atoms with van der Waals surface area (Å²) in [6.45, 7) is 3.48. The third kappa shape index (κ3) is 5.81. The van der Waals surface area contributed by atoms with E-state index in [2.05, 4.69) is 5.32 Å². The molecule has 5 heteroatoms. The number of nitrogens with one attached hydrogen (secondary N) is 1. The summed E-state index contributed by atoms with van der Waals surface area (Å²) < 4.78 is 0. The van der Waals surface area contributed by atoms with Gasteiger partial charge in [-0.1, -0.05) is 6.92 Å². The lowest BCUT2D eigenvalue weighted by Gasteiger charge is -2.07. The van der Waals surface area contributed by atoms with Crippen LogP contribution in [-0.4, -0.2) is 28.8 Å². The maximum absolute atomic E-state index is 10.5. The summed E-state index contributed by atoms with van der Waals surface area (Å²) >= 11 is 1.52. The van der Waals surface area contributed by atoms with Crippen LogP contribution in [0.3, 0.4) is 0 Å². The molecule has 1 unspecified atom stereocenters. The van der Waals surface area contributed by atoms with Gasteiger partial charge >= 0.3 is 5.97 Å². The first-order chi connectivity index (χ1) is 8.11. The predicted molar refractivity (Wildman–Crippen MR) is 68.3 cm³/mol. The zero-order valence-electron chi connectivity index (χ0n) is 9.98. The van der Waals surface area contributed by atoms with E-state index in [0.717, 1.165) is 35.7 Å². The molecule has 0 saturated carbocycles. The van der Waals surface area contributed by atoms with Gasteiger partial charge < -0.3 is 15.5 Å². The summed E-state index contributed by atoms with van der Waals surface area (Å²) in [5.74, 6) is -0.794. The first kappa shape index (κ1) is 14.2. The Balaban J connectivity index is 2.23. The van der Waals surface area contributed by atoms with Crippen molar-refractivity contribution in [1.29, 1.82) is 0 Å². The molecule has 0 saturated heterocycles. The summed E-state index contributed by atoms with van der Waals surface area (Å²) in [6, 6.07) is 3.81. The van der Waals surface area contributed by atoms with Gasteiger partial charge in [-0.05, 0) is 31.5 Å². The van der Waals surface area contributed by atoms with Crippen molar-refractivity contribution in [2.75, 3.05) is 6.54 Å². The molecule has 1 atom stereocenters. The molecule has 0 fully saturated rings. The van der Waals surface area contributed by atoms with Gasteiger partial charge in [0.2, 0.25) is 0 Å². The van der Waals surface area contributed by atoms with Crippen LogP contribution in [0, 0.1) is 0 Å². The molecule has 1 heterocycles. The molecule has 0 spiro atoms. The molecule has 0 aromatic carbocycles. The van der Waals surface area contributed by atoms with Crippen LogP contribution in [0.2, 0.25) is 0 Å². The van der Waals surface area contributed by atoms with Crippen LogP contribution in [-0.2, 0) is 17.8 Å². The van der Waals surface area contributed by atoms with Crippen LogP contribution in [0.1, 0.15) is 29.5 Å². The van der Waals surface area contributed by atoms with Gasteiger partial charge in [0.1, 0.15) is 0 Å². The molecule has 3 N–H and O–H groups in total. The summed E-state index contributed by atoms with van der Waals surface area (Å²) in [5.41, 5.74) is 0. The van der Waals surface area contributed by atoms with E-state index in [1.807, 2.05) is 19.1 Å². The third-order valence-electron chi connectivity index (χ3n) is 2.47. The molecule has 1 aromatic heterocycles. The number of aliphatic carboxylic acids is 1. The normalized spacial score (nSPS) is 12.6. The molecule has 0 aliphatic carbocycles. The molecule has 1 aromatic rings. The van der Waals surface area contributed by atoms with E-state index in [0.29, 0.717) is 0 Å². The quantitative estimate of drug-likeness (QED) is 0.619. The number of hydrogen-bond acceptors (Lipinski definition) is 4. The molecule has 1 rings (SSSR count). The second kappa shape index (κ2) is 7.42.